The fraction of sp³-hybridized carbons (Fsp3) is 0.241. The van der Waals surface area contributed by atoms with Crippen LogP contribution in [0.1, 0.15) is 13.8 Å². The van der Waals surface area contributed by atoms with Gasteiger partial charge in [-0.2, -0.15) is 0 Å². The van der Waals surface area contributed by atoms with Gasteiger partial charge < -0.3 is 9.47 Å². The van der Waals surface area contributed by atoms with Gasteiger partial charge in [0.15, 0.2) is 0 Å². The molecular formula is C29H32O2P+. The highest BCUT2D eigenvalue weighted by atomic mass is 31.2. The average Bonchev–Trinajstić information content (AvgIpc) is 2.86. The summed E-state index contributed by atoms with van der Waals surface area (Å²) in [6, 6.07) is 33.0. The molecule has 1 aliphatic carbocycles. The van der Waals surface area contributed by atoms with Crippen LogP contribution in [0, 0.1) is 5.92 Å². The monoisotopic (exact) mass is 443 g/mol. The molecule has 4 rings (SSSR count). The number of hydrogen-bond acceptors (Lipinski definition) is 2. The Morgan fingerprint density at radius 1 is 0.656 bits per heavy atom. The minimum atomic E-state index is -2.02. The van der Waals surface area contributed by atoms with E-state index in [9.17, 15) is 0 Å². The summed E-state index contributed by atoms with van der Waals surface area (Å²) in [7, 11) is 1.51. The Morgan fingerprint density at radius 2 is 1.06 bits per heavy atom. The first-order chi connectivity index (χ1) is 15.6. The van der Waals surface area contributed by atoms with Gasteiger partial charge in [0.2, 0.25) is 5.79 Å². The van der Waals surface area contributed by atoms with Crippen molar-refractivity contribution >= 4 is 23.2 Å². The van der Waals surface area contributed by atoms with E-state index in [1.807, 2.05) is 0 Å². The predicted octanol–water partition coefficient (Wildman–Crippen LogP) is 5.49. The zero-order chi connectivity index (χ0) is 22.6. The van der Waals surface area contributed by atoms with E-state index in [0.29, 0.717) is 0 Å². The van der Waals surface area contributed by atoms with Crippen molar-refractivity contribution in [2.24, 2.45) is 5.92 Å². The normalized spacial score (nSPS) is 18.1. The highest BCUT2D eigenvalue weighted by molar-refractivity contribution is 7.95. The molecule has 0 aromatic heterocycles. The summed E-state index contributed by atoms with van der Waals surface area (Å²) >= 11 is 0. The van der Waals surface area contributed by atoms with Crippen molar-refractivity contribution in [3.63, 3.8) is 0 Å². The van der Waals surface area contributed by atoms with Gasteiger partial charge in [-0.25, -0.2) is 0 Å². The Hall–Kier alpha value is -2.51. The maximum Gasteiger partial charge on any atom is 0.200 e. The standard InChI is InChI=1S/C29H32O2P/c1-23-20-21-24(2)29(30-3,31-4)28(23)22-32(25-14-8-5-9-15-25,26-16-10-6-11-17-26)27-18-12-7-13-19-27/h5-21,28H,22H2,1-4H3/q+1. The first kappa shape index (κ1) is 22.7. The Kier molecular flexibility index (Phi) is 6.76. The molecule has 0 saturated heterocycles. The fourth-order valence-electron chi connectivity index (χ4n) is 5.10. The quantitative estimate of drug-likeness (QED) is 0.355. The SMILES string of the molecule is COC1(OC)C(C)=CC=C(C)C1C[P+](c1ccccc1)(c1ccccc1)c1ccccc1. The van der Waals surface area contributed by atoms with Gasteiger partial charge in [-0.05, 0) is 55.8 Å². The van der Waals surface area contributed by atoms with Crippen molar-refractivity contribution in [2.75, 3.05) is 20.4 Å². The van der Waals surface area contributed by atoms with Crippen molar-refractivity contribution in [2.45, 2.75) is 19.6 Å². The summed E-state index contributed by atoms with van der Waals surface area (Å²) in [5, 5.41) is 4.12. The highest BCUT2D eigenvalue weighted by Crippen LogP contribution is 2.59. The van der Waals surface area contributed by atoms with E-state index in [1.54, 1.807) is 14.2 Å². The van der Waals surface area contributed by atoms with E-state index in [0.717, 1.165) is 11.7 Å². The Balaban J connectivity index is 2.00. The van der Waals surface area contributed by atoms with Gasteiger partial charge in [0.1, 0.15) is 23.2 Å². The van der Waals surface area contributed by atoms with Gasteiger partial charge in [0, 0.05) is 14.2 Å². The molecule has 1 unspecified atom stereocenters. The Labute approximate surface area is 192 Å². The zero-order valence-corrected chi connectivity index (χ0v) is 20.3. The van der Waals surface area contributed by atoms with Gasteiger partial charge in [0.05, 0.1) is 12.1 Å². The predicted molar refractivity (Wildman–Crippen MR) is 138 cm³/mol. The molecule has 164 valence electrons. The van der Waals surface area contributed by atoms with Crippen molar-refractivity contribution in [1.29, 1.82) is 0 Å². The summed E-state index contributed by atoms with van der Waals surface area (Å²) in [5.41, 5.74) is 2.39. The lowest BCUT2D eigenvalue weighted by atomic mass is 9.83. The lowest BCUT2D eigenvalue weighted by Crippen LogP contribution is -2.49. The van der Waals surface area contributed by atoms with Crippen molar-refractivity contribution < 1.29 is 9.47 Å². The van der Waals surface area contributed by atoms with Gasteiger partial charge >= 0.3 is 0 Å². The highest BCUT2D eigenvalue weighted by Gasteiger charge is 2.54. The lowest BCUT2D eigenvalue weighted by molar-refractivity contribution is -0.201. The topological polar surface area (TPSA) is 18.5 Å². The molecule has 0 saturated carbocycles. The van der Waals surface area contributed by atoms with Crippen LogP contribution < -0.4 is 15.9 Å². The number of benzene rings is 3. The number of ether oxygens (including phenoxy) is 2. The summed E-state index contributed by atoms with van der Waals surface area (Å²) in [5.74, 6) is -0.695. The fourth-order valence-corrected chi connectivity index (χ4v) is 9.75. The van der Waals surface area contributed by atoms with Gasteiger partial charge in [-0.15, -0.1) is 0 Å². The van der Waals surface area contributed by atoms with Crippen LogP contribution in [-0.4, -0.2) is 26.2 Å². The second-order valence-corrected chi connectivity index (χ2v) is 11.9. The smallest absolute Gasteiger partial charge is 0.200 e. The molecule has 32 heavy (non-hydrogen) atoms. The number of allylic oxidation sites excluding steroid dienone is 2. The zero-order valence-electron chi connectivity index (χ0n) is 19.4. The first-order valence-electron chi connectivity index (χ1n) is 11.1. The molecule has 1 aliphatic rings. The molecular weight excluding hydrogens is 411 g/mol. The van der Waals surface area contributed by atoms with E-state index < -0.39 is 13.0 Å². The average molecular weight is 444 g/mol. The molecule has 0 radical (unpaired) electrons. The molecule has 3 aromatic carbocycles. The third-order valence-electron chi connectivity index (χ3n) is 6.81. The minimum absolute atomic E-state index is 0.0800. The van der Waals surface area contributed by atoms with E-state index >= 15 is 0 Å². The van der Waals surface area contributed by atoms with Crippen LogP contribution in [0.4, 0.5) is 0 Å². The van der Waals surface area contributed by atoms with Crippen LogP contribution in [0.25, 0.3) is 0 Å². The van der Waals surface area contributed by atoms with Crippen molar-refractivity contribution in [1.82, 2.24) is 0 Å². The van der Waals surface area contributed by atoms with E-state index in [-0.39, 0.29) is 5.92 Å². The van der Waals surface area contributed by atoms with Crippen molar-refractivity contribution in [3.05, 3.63) is 114 Å². The molecule has 3 heteroatoms. The summed E-state index contributed by atoms with van der Waals surface area (Å²) < 4.78 is 12.3. The molecule has 3 aromatic rings. The van der Waals surface area contributed by atoms with Crippen LogP contribution in [0.15, 0.2) is 114 Å². The molecule has 0 fully saturated rings. The molecule has 0 N–H and O–H groups in total. The molecule has 0 bridgehead atoms. The van der Waals surface area contributed by atoms with Crippen LogP contribution >= 0.6 is 7.26 Å². The Morgan fingerprint density at radius 3 is 1.44 bits per heavy atom. The van der Waals surface area contributed by atoms with E-state index in [2.05, 4.69) is 117 Å². The molecule has 0 spiro atoms. The largest absolute Gasteiger partial charge is 0.349 e. The van der Waals surface area contributed by atoms with Crippen LogP contribution in [0.2, 0.25) is 0 Å². The molecule has 1 atom stereocenters. The second-order valence-electron chi connectivity index (χ2n) is 8.39. The number of hydrogen-bond donors (Lipinski definition) is 0. The molecule has 0 heterocycles. The third-order valence-corrected chi connectivity index (χ3v) is 11.3. The third kappa shape index (κ3) is 3.77. The van der Waals surface area contributed by atoms with E-state index in [4.69, 9.17) is 9.47 Å². The van der Waals surface area contributed by atoms with E-state index in [1.165, 1.54) is 21.5 Å². The van der Waals surface area contributed by atoms with Crippen LogP contribution in [-0.2, 0) is 9.47 Å². The summed E-state index contributed by atoms with van der Waals surface area (Å²) in [6.07, 6.45) is 5.28. The maximum atomic E-state index is 6.16. The molecule has 0 amide bonds. The van der Waals surface area contributed by atoms with Gasteiger partial charge in [-0.1, -0.05) is 72.3 Å². The minimum Gasteiger partial charge on any atom is -0.349 e. The lowest BCUT2D eigenvalue weighted by Gasteiger charge is -2.43. The van der Waals surface area contributed by atoms with Crippen LogP contribution in [0.5, 0.6) is 0 Å². The van der Waals surface area contributed by atoms with Gasteiger partial charge in [0.25, 0.3) is 0 Å². The van der Waals surface area contributed by atoms with Crippen molar-refractivity contribution in [3.8, 4) is 0 Å². The number of rotatable bonds is 7. The Bertz CT molecular complexity index is 987. The number of methoxy groups -OCH3 is 2. The van der Waals surface area contributed by atoms with Crippen LogP contribution in [0.3, 0.4) is 0 Å². The molecule has 2 nitrogen and oxygen atoms in total. The van der Waals surface area contributed by atoms with Gasteiger partial charge in [-0.3, -0.25) is 0 Å². The first-order valence-corrected chi connectivity index (χ1v) is 13.1. The maximum absolute atomic E-state index is 6.16. The summed E-state index contributed by atoms with van der Waals surface area (Å²) in [6.45, 7) is 4.31. The molecule has 0 aliphatic heterocycles. The second kappa shape index (κ2) is 9.55. The summed E-state index contributed by atoms with van der Waals surface area (Å²) in [4.78, 5) is 0.